The molecule has 0 heterocycles. The lowest BCUT2D eigenvalue weighted by Crippen LogP contribution is -2.51. The summed E-state index contributed by atoms with van der Waals surface area (Å²) in [6.07, 6.45) is 1.70. The van der Waals surface area contributed by atoms with E-state index in [4.69, 9.17) is 23.2 Å². The molecule has 0 radical (unpaired) electrons. The molecule has 7 nitrogen and oxygen atoms in total. The lowest BCUT2D eigenvalue weighted by Gasteiger charge is -2.32. The summed E-state index contributed by atoms with van der Waals surface area (Å²) in [5.41, 5.74) is 1.85. The zero-order valence-electron chi connectivity index (χ0n) is 22.5. The van der Waals surface area contributed by atoms with Crippen LogP contribution in [-0.4, -0.2) is 44.3 Å². The van der Waals surface area contributed by atoms with Gasteiger partial charge in [0.2, 0.25) is 11.8 Å². The van der Waals surface area contributed by atoms with Crippen molar-refractivity contribution < 1.29 is 18.0 Å². The van der Waals surface area contributed by atoms with Crippen molar-refractivity contribution in [2.45, 2.75) is 51.1 Å². The number of unbranched alkanes of at least 4 members (excludes halogenated alkanes) is 1. The third kappa shape index (κ3) is 8.22. The topological polar surface area (TPSA) is 86.8 Å². The van der Waals surface area contributed by atoms with Crippen molar-refractivity contribution in [1.82, 2.24) is 10.2 Å². The Kier molecular flexibility index (Phi) is 11.5. The molecule has 1 N–H and O–H groups in total. The summed E-state index contributed by atoms with van der Waals surface area (Å²) >= 11 is 15.7. The number of hydrogen-bond donors (Lipinski definition) is 1. The molecular weight excluding hydrogens is 637 g/mol. The third-order valence-corrected chi connectivity index (χ3v) is 9.34. The molecule has 0 aliphatic heterocycles. The summed E-state index contributed by atoms with van der Waals surface area (Å²) in [5.74, 6) is -0.892. The molecule has 3 rings (SSSR count). The van der Waals surface area contributed by atoms with E-state index >= 15 is 0 Å². The van der Waals surface area contributed by atoms with Gasteiger partial charge in [-0.2, -0.15) is 0 Å². The highest BCUT2D eigenvalue weighted by Gasteiger charge is 2.32. The van der Waals surface area contributed by atoms with Gasteiger partial charge in [-0.15, -0.1) is 0 Å². The first-order valence-corrected chi connectivity index (χ1v) is 15.8. The maximum atomic E-state index is 13.9. The Hall–Kier alpha value is -2.59. The number of benzene rings is 3. The highest BCUT2D eigenvalue weighted by Crippen LogP contribution is 2.28. The molecule has 11 heteroatoms. The maximum Gasteiger partial charge on any atom is 0.264 e. The molecular formula is C29H32BrCl2N3O4S. The van der Waals surface area contributed by atoms with Crippen LogP contribution in [0.15, 0.2) is 76.1 Å². The Balaban J connectivity index is 2.01. The van der Waals surface area contributed by atoms with Gasteiger partial charge >= 0.3 is 0 Å². The second-order valence-electron chi connectivity index (χ2n) is 9.40. The molecule has 214 valence electrons. The van der Waals surface area contributed by atoms with Crippen molar-refractivity contribution in [3.63, 3.8) is 0 Å². The van der Waals surface area contributed by atoms with Gasteiger partial charge in [-0.3, -0.25) is 13.9 Å². The monoisotopic (exact) mass is 667 g/mol. The average molecular weight is 669 g/mol. The molecule has 0 aliphatic carbocycles. The summed E-state index contributed by atoms with van der Waals surface area (Å²) in [6.45, 7) is 5.46. The number of hydrogen-bond acceptors (Lipinski definition) is 4. The van der Waals surface area contributed by atoms with E-state index in [-0.39, 0.29) is 17.3 Å². The molecule has 3 aromatic rings. The van der Waals surface area contributed by atoms with Crippen LogP contribution in [0.5, 0.6) is 0 Å². The normalized spacial score (nSPS) is 12.1. The number of amides is 2. The van der Waals surface area contributed by atoms with Crippen molar-refractivity contribution in [1.29, 1.82) is 0 Å². The van der Waals surface area contributed by atoms with Crippen LogP contribution >= 0.6 is 39.1 Å². The minimum atomic E-state index is -4.14. The average Bonchev–Trinajstić information content (AvgIpc) is 2.92. The first-order valence-electron chi connectivity index (χ1n) is 12.8. The summed E-state index contributed by atoms with van der Waals surface area (Å²) in [6, 6.07) is 17.2. The number of carbonyl (C=O) groups excluding carboxylic acids is 2. The molecule has 0 bridgehead atoms. The van der Waals surface area contributed by atoms with Crippen LogP contribution in [0.2, 0.25) is 10.0 Å². The Morgan fingerprint density at radius 3 is 2.33 bits per heavy atom. The number of nitrogens with zero attached hydrogens (tertiary/aromatic N) is 2. The van der Waals surface area contributed by atoms with Crippen molar-refractivity contribution in [3.8, 4) is 0 Å². The number of halogens is 3. The highest BCUT2D eigenvalue weighted by molar-refractivity contribution is 9.10. The Bertz CT molecular complexity index is 1450. The second-order valence-corrected chi connectivity index (χ2v) is 13.0. The summed E-state index contributed by atoms with van der Waals surface area (Å²) < 4.78 is 29.4. The van der Waals surface area contributed by atoms with Gasteiger partial charge < -0.3 is 10.2 Å². The minimum absolute atomic E-state index is 0.0228. The standard InChI is InChI=1S/C29H32BrCl2N3O4S/c1-4-5-15-33-29(37)21(3)34(18-22-11-14-26(31)27(32)16-22)28(36)19-35(24-8-6-7-23(30)17-24)40(38,39)25-12-9-20(2)10-13-25/h6-14,16-17,21H,4-5,15,18-19H2,1-3H3,(H,33,37). The van der Waals surface area contributed by atoms with E-state index in [0.717, 1.165) is 22.7 Å². The molecule has 40 heavy (non-hydrogen) atoms. The Labute approximate surface area is 254 Å². The van der Waals surface area contributed by atoms with E-state index in [9.17, 15) is 18.0 Å². The lowest BCUT2D eigenvalue weighted by atomic mass is 10.1. The minimum Gasteiger partial charge on any atom is -0.354 e. The van der Waals surface area contributed by atoms with Crippen LogP contribution in [0.3, 0.4) is 0 Å². The molecule has 0 spiro atoms. The molecule has 0 fully saturated rings. The summed E-state index contributed by atoms with van der Waals surface area (Å²) in [4.78, 5) is 28.4. The first-order chi connectivity index (χ1) is 18.9. The fourth-order valence-corrected chi connectivity index (χ4v) is 6.06. The number of sulfonamides is 1. The number of carbonyl (C=O) groups is 2. The molecule has 0 aromatic heterocycles. The van der Waals surface area contributed by atoms with Gasteiger partial charge in [0.05, 0.1) is 20.6 Å². The number of nitrogens with one attached hydrogen (secondary N) is 1. The van der Waals surface area contributed by atoms with Gasteiger partial charge in [-0.25, -0.2) is 8.42 Å². The lowest BCUT2D eigenvalue weighted by molar-refractivity contribution is -0.139. The number of rotatable bonds is 12. The second kappa shape index (κ2) is 14.3. The first kappa shape index (κ1) is 31.9. The van der Waals surface area contributed by atoms with E-state index in [0.29, 0.717) is 32.3 Å². The molecule has 0 saturated heterocycles. The van der Waals surface area contributed by atoms with E-state index in [1.807, 2.05) is 13.8 Å². The fourth-order valence-electron chi connectivity index (χ4n) is 3.95. The molecule has 1 unspecified atom stereocenters. The smallest absolute Gasteiger partial charge is 0.264 e. The van der Waals surface area contributed by atoms with E-state index in [1.165, 1.54) is 17.0 Å². The van der Waals surface area contributed by atoms with Gasteiger partial charge in [-0.1, -0.05) is 82.3 Å². The summed E-state index contributed by atoms with van der Waals surface area (Å²) in [5, 5.41) is 3.53. The maximum absolute atomic E-state index is 13.9. The van der Waals surface area contributed by atoms with Gasteiger partial charge in [0.25, 0.3) is 10.0 Å². The van der Waals surface area contributed by atoms with Crippen molar-refractivity contribution in [2.75, 3.05) is 17.4 Å². The van der Waals surface area contributed by atoms with Crippen molar-refractivity contribution in [3.05, 3.63) is 92.4 Å². The van der Waals surface area contributed by atoms with Crippen LogP contribution in [0, 0.1) is 6.92 Å². The van der Waals surface area contributed by atoms with E-state index in [1.54, 1.807) is 61.5 Å². The Morgan fingerprint density at radius 2 is 1.70 bits per heavy atom. The largest absolute Gasteiger partial charge is 0.354 e. The molecule has 0 aliphatic rings. The quantitative estimate of drug-likeness (QED) is 0.221. The highest BCUT2D eigenvalue weighted by atomic mass is 79.9. The van der Waals surface area contributed by atoms with E-state index < -0.39 is 28.5 Å². The predicted octanol–water partition coefficient (Wildman–Crippen LogP) is 6.59. The fraction of sp³-hybridized carbons (Fsp3) is 0.310. The molecule has 3 aromatic carbocycles. The van der Waals surface area contributed by atoms with Crippen LogP contribution < -0.4 is 9.62 Å². The number of aryl methyl sites for hydroxylation is 1. The predicted molar refractivity (Wildman–Crippen MR) is 164 cm³/mol. The van der Waals surface area contributed by atoms with Crippen LogP contribution in [0.4, 0.5) is 5.69 Å². The molecule has 1 atom stereocenters. The zero-order valence-corrected chi connectivity index (χ0v) is 26.4. The molecule has 2 amide bonds. The molecule has 0 saturated carbocycles. The van der Waals surface area contributed by atoms with Gasteiger partial charge in [0, 0.05) is 17.6 Å². The van der Waals surface area contributed by atoms with Gasteiger partial charge in [-0.05, 0) is 68.3 Å². The Morgan fingerprint density at radius 1 is 1.00 bits per heavy atom. The van der Waals surface area contributed by atoms with Crippen LogP contribution in [0.1, 0.15) is 37.8 Å². The van der Waals surface area contributed by atoms with Crippen molar-refractivity contribution in [2.24, 2.45) is 0 Å². The van der Waals surface area contributed by atoms with Crippen LogP contribution in [-0.2, 0) is 26.2 Å². The van der Waals surface area contributed by atoms with Crippen LogP contribution in [0.25, 0.3) is 0 Å². The SMILES string of the molecule is CCCCNC(=O)C(C)N(Cc1ccc(Cl)c(Cl)c1)C(=O)CN(c1cccc(Br)c1)S(=O)(=O)c1ccc(C)cc1. The number of anilines is 1. The van der Waals surface area contributed by atoms with Gasteiger partial charge in [0.15, 0.2) is 0 Å². The van der Waals surface area contributed by atoms with E-state index in [2.05, 4.69) is 21.2 Å². The summed E-state index contributed by atoms with van der Waals surface area (Å²) in [7, 11) is -4.14. The third-order valence-electron chi connectivity index (χ3n) is 6.32. The van der Waals surface area contributed by atoms with Crippen molar-refractivity contribution >= 4 is 66.7 Å². The zero-order chi connectivity index (χ0) is 29.4. The van der Waals surface area contributed by atoms with Gasteiger partial charge in [0.1, 0.15) is 12.6 Å².